The molecule has 0 bridgehead atoms. The Morgan fingerprint density at radius 2 is 2.10 bits per heavy atom. The first-order chi connectivity index (χ1) is 9.40. The van der Waals surface area contributed by atoms with Crippen LogP contribution in [0.15, 0.2) is 23.1 Å². The van der Waals surface area contributed by atoms with Crippen LogP contribution in [-0.2, 0) is 14.8 Å². The van der Waals surface area contributed by atoms with Crippen molar-refractivity contribution < 1.29 is 22.7 Å². The molecule has 112 valence electrons. The third kappa shape index (κ3) is 4.48. The number of sulfonamides is 1. The Hall–Kier alpha value is -1.64. The summed E-state index contributed by atoms with van der Waals surface area (Å²) in [6, 6.07) is 3.85. The van der Waals surface area contributed by atoms with E-state index in [1.54, 1.807) is 0 Å². The lowest BCUT2D eigenvalue weighted by molar-refractivity contribution is 0.0919. The quantitative estimate of drug-likeness (QED) is 0.695. The number of carbonyl (C=O) groups is 1. The van der Waals surface area contributed by atoms with Crippen molar-refractivity contribution in [1.82, 2.24) is 5.32 Å². The molecule has 8 heteroatoms. The van der Waals surface area contributed by atoms with Crippen molar-refractivity contribution in [3.05, 3.63) is 23.8 Å². The Labute approximate surface area is 118 Å². The van der Waals surface area contributed by atoms with E-state index in [1.807, 2.05) is 6.92 Å². The van der Waals surface area contributed by atoms with Gasteiger partial charge in [0.25, 0.3) is 5.91 Å². The molecule has 0 aromatic heterocycles. The Morgan fingerprint density at radius 3 is 2.65 bits per heavy atom. The van der Waals surface area contributed by atoms with Crippen molar-refractivity contribution >= 4 is 15.9 Å². The molecule has 0 heterocycles. The number of amides is 1. The van der Waals surface area contributed by atoms with E-state index in [-0.39, 0.29) is 16.2 Å². The molecule has 1 amide bonds. The van der Waals surface area contributed by atoms with Gasteiger partial charge in [0.05, 0.1) is 24.2 Å². The van der Waals surface area contributed by atoms with Crippen LogP contribution in [0.4, 0.5) is 0 Å². The number of nitrogens with one attached hydrogen (secondary N) is 1. The SMILES string of the molecule is CCOCCNC(=O)c1cc(S(N)(=O)=O)ccc1OC. The average molecular weight is 302 g/mol. The van der Waals surface area contributed by atoms with Gasteiger partial charge >= 0.3 is 0 Å². The molecule has 0 aliphatic heterocycles. The second-order valence-corrected chi connectivity index (χ2v) is 5.42. The summed E-state index contributed by atoms with van der Waals surface area (Å²) in [5, 5.41) is 7.64. The normalized spacial score (nSPS) is 11.2. The van der Waals surface area contributed by atoms with Crippen molar-refractivity contribution in [3.8, 4) is 5.75 Å². The summed E-state index contributed by atoms with van der Waals surface area (Å²) in [6.45, 7) is 3.09. The first-order valence-electron chi connectivity index (χ1n) is 5.97. The van der Waals surface area contributed by atoms with Crippen LogP contribution in [-0.4, -0.2) is 41.2 Å². The lowest BCUT2D eigenvalue weighted by atomic mass is 10.2. The smallest absolute Gasteiger partial charge is 0.255 e. The molecular weight excluding hydrogens is 284 g/mol. The van der Waals surface area contributed by atoms with E-state index >= 15 is 0 Å². The molecule has 0 unspecified atom stereocenters. The summed E-state index contributed by atoms with van der Waals surface area (Å²) in [5.41, 5.74) is 0.107. The molecule has 20 heavy (non-hydrogen) atoms. The summed E-state index contributed by atoms with van der Waals surface area (Å²) < 4.78 is 32.7. The monoisotopic (exact) mass is 302 g/mol. The van der Waals surface area contributed by atoms with Crippen molar-refractivity contribution in [1.29, 1.82) is 0 Å². The van der Waals surface area contributed by atoms with Crippen molar-refractivity contribution in [2.45, 2.75) is 11.8 Å². The van der Waals surface area contributed by atoms with Gasteiger partial charge in [-0.25, -0.2) is 13.6 Å². The Bertz CT molecular complexity index is 571. The predicted molar refractivity (Wildman–Crippen MR) is 73.2 cm³/mol. The molecular formula is C12H18N2O5S. The molecule has 0 atom stereocenters. The molecule has 3 N–H and O–H groups in total. The molecule has 1 rings (SSSR count). The molecule has 0 radical (unpaired) electrons. The molecule has 0 saturated heterocycles. The summed E-state index contributed by atoms with van der Waals surface area (Å²) >= 11 is 0. The minimum absolute atomic E-state index is 0.107. The van der Waals surface area contributed by atoms with E-state index in [1.165, 1.54) is 25.3 Å². The van der Waals surface area contributed by atoms with Gasteiger partial charge in [-0.3, -0.25) is 4.79 Å². The third-order valence-electron chi connectivity index (χ3n) is 2.48. The van der Waals surface area contributed by atoms with Crippen LogP contribution in [0.1, 0.15) is 17.3 Å². The standard InChI is InChI=1S/C12H18N2O5S/c1-3-19-7-6-14-12(15)10-8-9(20(13,16)17)4-5-11(10)18-2/h4-5,8H,3,6-7H2,1-2H3,(H,14,15)(H2,13,16,17). The van der Waals surface area contributed by atoms with Crippen molar-refractivity contribution in [3.63, 3.8) is 0 Å². The summed E-state index contributed by atoms with van der Waals surface area (Å²) in [6.07, 6.45) is 0. The summed E-state index contributed by atoms with van der Waals surface area (Å²) in [4.78, 5) is 11.8. The van der Waals surface area contributed by atoms with Gasteiger partial charge in [-0.2, -0.15) is 0 Å². The highest BCUT2D eigenvalue weighted by atomic mass is 32.2. The lowest BCUT2D eigenvalue weighted by Gasteiger charge is -2.10. The Kier molecular flexibility index (Phi) is 5.93. The largest absolute Gasteiger partial charge is 0.496 e. The van der Waals surface area contributed by atoms with E-state index in [0.717, 1.165) is 0 Å². The van der Waals surface area contributed by atoms with Gasteiger partial charge < -0.3 is 14.8 Å². The van der Waals surface area contributed by atoms with Crippen LogP contribution >= 0.6 is 0 Å². The zero-order valence-electron chi connectivity index (χ0n) is 11.4. The number of benzene rings is 1. The molecule has 0 saturated carbocycles. The Morgan fingerprint density at radius 1 is 1.40 bits per heavy atom. The highest BCUT2D eigenvalue weighted by Crippen LogP contribution is 2.21. The van der Waals surface area contributed by atoms with E-state index in [2.05, 4.69) is 5.32 Å². The number of hydrogen-bond donors (Lipinski definition) is 2. The fourth-order valence-corrected chi connectivity index (χ4v) is 2.06. The maximum atomic E-state index is 12.0. The lowest BCUT2D eigenvalue weighted by Crippen LogP contribution is -2.28. The number of methoxy groups -OCH3 is 1. The van der Waals surface area contributed by atoms with Crippen LogP contribution in [0.2, 0.25) is 0 Å². The van der Waals surface area contributed by atoms with Gasteiger partial charge in [0, 0.05) is 13.2 Å². The van der Waals surface area contributed by atoms with Crippen LogP contribution in [0.5, 0.6) is 5.75 Å². The minimum atomic E-state index is -3.87. The van der Waals surface area contributed by atoms with Crippen LogP contribution in [0.25, 0.3) is 0 Å². The molecule has 0 spiro atoms. The van der Waals surface area contributed by atoms with Gasteiger partial charge in [-0.05, 0) is 25.1 Å². The predicted octanol–water partition coefficient (Wildman–Crippen LogP) is 0.109. The number of carbonyl (C=O) groups excluding carboxylic acids is 1. The number of hydrogen-bond acceptors (Lipinski definition) is 5. The second kappa shape index (κ2) is 7.22. The van der Waals surface area contributed by atoms with Gasteiger partial charge in [-0.1, -0.05) is 0 Å². The van der Waals surface area contributed by atoms with Gasteiger partial charge in [-0.15, -0.1) is 0 Å². The third-order valence-corrected chi connectivity index (χ3v) is 3.39. The zero-order valence-corrected chi connectivity index (χ0v) is 12.2. The fourth-order valence-electron chi connectivity index (χ4n) is 1.52. The second-order valence-electron chi connectivity index (χ2n) is 3.86. The molecule has 0 aliphatic rings. The first kappa shape index (κ1) is 16.4. The fraction of sp³-hybridized carbons (Fsp3) is 0.417. The minimum Gasteiger partial charge on any atom is -0.496 e. The van der Waals surface area contributed by atoms with Crippen molar-refractivity contribution in [2.24, 2.45) is 5.14 Å². The highest BCUT2D eigenvalue weighted by molar-refractivity contribution is 7.89. The van der Waals surface area contributed by atoms with E-state index < -0.39 is 15.9 Å². The first-order valence-corrected chi connectivity index (χ1v) is 7.51. The van der Waals surface area contributed by atoms with Crippen LogP contribution in [0.3, 0.4) is 0 Å². The highest BCUT2D eigenvalue weighted by Gasteiger charge is 2.16. The Balaban J connectivity index is 2.93. The zero-order chi connectivity index (χ0) is 15.2. The summed E-state index contributed by atoms with van der Waals surface area (Å²) in [7, 11) is -2.48. The number of ether oxygens (including phenoxy) is 2. The molecule has 7 nitrogen and oxygen atoms in total. The topological polar surface area (TPSA) is 108 Å². The summed E-state index contributed by atoms with van der Waals surface area (Å²) in [5.74, 6) is -0.182. The van der Waals surface area contributed by atoms with Crippen molar-refractivity contribution in [2.75, 3.05) is 26.9 Å². The van der Waals surface area contributed by atoms with E-state index in [9.17, 15) is 13.2 Å². The van der Waals surface area contributed by atoms with Crippen LogP contribution < -0.4 is 15.2 Å². The van der Waals surface area contributed by atoms with E-state index in [0.29, 0.717) is 19.8 Å². The van der Waals surface area contributed by atoms with Crippen LogP contribution in [0, 0.1) is 0 Å². The average Bonchev–Trinajstić information content (AvgIpc) is 2.41. The van der Waals surface area contributed by atoms with E-state index in [4.69, 9.17) is 14.6 Å². The number of nitrogens with two attached hydrogens (primary N) is 1. The maximum Gasteiger partial charge on any atom is 0.255 e. The molecule has 1 aromatic carbocycles. The molecule has 0 aliphatic carbocycles. The maximum absolute atomic E-state index is 12.0. The number of primary sulfonamides is 1. The number of rotatable bonds is 7. The molecule has 0 fully saturated rings. The molecule has 1 aromatic rings. The van der Waals surface area contributed by atoms with Gasteiger partial charge in [0.2, 0.25) is 10.0 Å². The van der Waals surface area contributed by atoms with Gasteiger partial charge in [0.1, 0.15) is 5.75 Å². The van der Waals surface area contributed by atoms with Gasteiger partial charge in [0.15, 0.2) is 0 Å².